The van der Waals surface area contributed by atoms with E-state index < -0.39 is 0 Å². The Kier molecular flexibility index (Phi) is 7.75. The van der Waals surface area contributed by atoms with Crippen LogP contribution in [0.4, 0.5) is 5.69 Å². The lowest BCUT2D eigenvalue weighted by Gasteiger charge is -2.16. The summed E-state index contributed by atoms with van der Waals surface area (Å²) in [6, 6.07) is 10.2. The number of nitrogens with zero attached hydrogens (tertiary/aromatic N) is 2. The smallest absolute Gasteiger partial charge is 0.130 e. The minimum atomic E-state index is 0.831. The first-order chi connectivity index (χ1) is 11.9. The average molecular weight is 515 g/mol. The van der Waals surface area contributed by atoms with Crippen LogP contribution in [0.3, 0.4) is 0 Å². The Labute approximate surface area is 172 Å². The molecule has 0 bridgehead atoms. The molecule has 3 nitrogen and oxygen atoms in total. The Bertz CT molecular complexity index is 741. The third-order valence-corrected chi connectivity index (χ3v) is 4.92. The predicted molar refractivity (Wildman–Crippen MR) is 119 cm³/mol. The number of benzene rings is 2. The van der Waals surface area contributed by atoms with Crippen molar-refractivity contribution < 1.29 is 4.74 Å². The molecule has 0 N–H and O–H groups in total. The monoisotopic (exact) mass is 514 g/mol. The third-order valence-electron chi connectivity index (χ3n) is 3.83. The zero-order chi connectivity index (χ0) is 18.4. The Morgan fingerprint density at radius 1 is 1.12 bits per heavy atom. The first-order valence-corrected chi connectivity index (χ1v) is 10.3. The van der Waals surface area contributed by atoms with Gasteiger partial charge in [-0.05, 0) is 91.2 Å². The molecule has 2 rings (SSSR count). The number of hydrogen-bond donors (Lipinski definition) is 0. The minimum Gasteiger partial charge on any atom is -0.457 e. The molecule has 0 heterocycles. The number of halogens is 2. The molecule has 5 heteroatoms. The molecule has 0 radical (unpaired) electrons. The summed E-state index contributed by atoms with van der Waals surface area (Å²) in [4.78, 5) is 6.89. The Balaban J connectivity index is 2.23. The second-order valence-corrected chi connectivity index (χ2v) is 8.15. The summed E-state index contributed by atoms with van der Waals surface area (Å²) in [5, 5.41) is 0. The molecule has 0 aliphatic heterocycles. The summed E-state index contributed by atoms with van der Waals surface area (Å²) >= 11 is 5.80. The van der Waals surface area contributed by atoms with E-state index in [0.717, 1.165) is 55.9 Å². The fourth-order valence-corrected chi connectivity index (χ4v) is 4.01. The molecular formula is C20H24BrIN2O. The van der Waals surface area contributed by atoms with Crippen molar-refractivity contribution in [1.29, 1.82) is 0 Å². The van der Waals surface area contributed by atoms with Gasteiger partial charge in [-0.3, -0.25) is 0 Å². The quantitative estimate of drug-likeness (QED) is 0.229. The molecule has 0 aliphatic rings. The van der Waals surface area contributed by atoms with Crippen LogP contribution in [-0.4, -0.2) is 24.3 Å². The van der Waals surface area contributed by atoms with Crippen molar-refractivity contribution in [3.05, 3.63) is 49.5 Å². The van der Waals surface area contributed by atoms with Gasteiger partial charge in [-0.25, -0.2) is 4.99 Å². The van der Waals surface area contributed by atoms with Crippen LogP contribution in [0.5, 0.6) is 11.5 Å². The molecule has 0 fully saturated rings. The van der Waals surface area contributed by atoms with E-state index in [1.54, 1.807) is 0 Å². The molecule has 0 unspecified atom stereocenters. The molecule has 0 aliphatic carbocycles. The van der Waals surface area contributed by atoms with Crippen molar-refractivity contribution in [2.24, 2.45) is 4.99 Å². The maximum atomic E-state index is 6.09. The van der Waals surface area contributed by atoms with Crippen molar-refractivity contribution >= 4 is 50.5 Å². The fraction of sp³-hybridized carbons (Fsp3) is 0.350. The number of rotatable bonds is 7. The van der Waals surface area contributed by atoms with Crippen molar-refractivity contribution in [2.75, 3.05) is 13.1 Å². The molecule has 0 saturated heterocycles. The first-order valence-electron chi connectivity index (χ1n) is 8.46. The third kappa shape index (κ3) is 5.99. The van der Waals surface area contributed by atoms with Crippen molar-refractivity contribution in [3.63, 3.8) is 0 Å². The van der Waals surface area contributed by atoms with E-state index in [9.17, 15) is 0 Å². The van der Waals surface area contributed by atoms with E-state index in [2.05, 4.69) is 94.3 Å². The van der Waals surface area contributed by atoms with E-state index in [1.165, 1.54) is 0 Å². The average Bonchev–Trinajstić information content (AvgIpc) is 2.54. The van der Waals surface area contributed by atoms with Crippen LogP contribution in [0.1, 0.15) is 31.4 Å². The first kappa shape index (κ1) is 20.2. The van der Waals surface area contributed by atoms with Crippen LogP contribution >= 0.6 is 38.5 Å². The molecule has 2 aromatic carbocycles. The van der Waals surface area contributed by atoms with Crippen LogP contribution in [0.25, 0.3) is 0 Å². The highest BCUT2D eigenvalue weighted by molar-refractivity contribution is 14.1. The SMILES string of the molecule is CCCN(C=Nc1cc(C)c(Oc2cc(Br)cc(I)c2)cc1C)CC. The number of hydrogen-bond acceptors (Lipinski definition) is 2. The van der Waals surface area contributed by atoms with Gasteiger partial charge in [-0.15, -0.1) is 0 Å². The number of aryl methyl sites for hydroxylation is 2. The van der Waals surface area contributed by atoms with Crippen LogP contribution in [0.2, 0.25) is 0 Å². The highest BCUT2D eigenvalue weighted by Gasteiger charge is 2.08. The molecule has 0 spiro atoms. The lowest BCUT2D eigenvalue weighted by atomic mass is 10.1. The number of ether oxygens (including phenoxy) is 1. The van der Waals surface area contributed by atoms with Gasteiger partial charge in [-0.1, -0.05) is 22.9 Å². The molecule has 25 heavy (non-hydrogen) atoms. The van der Waals surface area contributed by atoms with E-state index in [1.807, 2.05) is 18.5 Å². The molecule has 0 aromatic heterocycles. The minimum absolute atomic E-state index is 0.831. The lowest BCUT2D eigenvalue weighted by Crippen LogP contribution is -2.21. The topological polar surface area (TPSA) is 24.8 Å². The molecule has 0 atom stereocenters. The largest absolute Gasteiger partial charge is 0.457 e. The van der Waals surface area contributed by atoms with E-state index >= 15 is 0 Å². The Morgan fingerprint density at radius 2 is 1.88 bits per heavy atom. The van der Waals surface area contributed by atoms with Gasteiger partial charge in [0.25, 0.3) is 0 Å². The summed E-state index contributed by atoms with van der Waals surface area (Å²) in [6.45, 7) is 10.5. The summed E-state index contributed by atoms with van der Waals surface area (Å²) in [6.07, 6.45) is 3.07. The summed E-state index contributed by atoms with van der Waals surface area (Å²) in [7, 11) is 0. The summed E-state index contributed by atoms with van der Waals surface area (Å²) in [5.41, 5.74) is 3.17. The predicted octanol–water partition coefficient (Wildman–Crippen LogP) is 6.85. The summed E-state index contributed by atoms with van der Waals surface area (Å²) < 4.78 is 8.24. The van der Waals surface area contributed by atoms with Gasteiger partial charge in [0.05, 0.1) is 12.0 Å². The van der Waals surface area contributed by atoms with Gasteiger partial charge in [0, 0.05) is 21.1 Å². The molecular weight excluding hydrogens is 491 g/mol. The van der Waals surface area contributed by atoms with Crippen LogP contribution in [-0.2, 0) is 0 Å². The Morgan fingerprint density at radius 3 is 2.52 bits per heavy atom. The van der Waals surface area contributed by atoms with Gasteiger partial charge >= 0.3 is 0 Å². The second-order valence-electron chi connectivity index (χ2n) is 5.98. The second kappa shape index (κ2) is 9.57. The molecule has 0 amide bonds. The van der Waals surface area contributed by atoms with Gasteiger partial charge in [0.15, 0.2) is 0 Å². The number of aliphatic imine (C=N–C) groups is 1. The molecule has 134 valence electrons. The zero-order valence-corrected chi connectivity index (χ0v) is 18.9. The fourth-order valence-electron chi connectivity index (χ4n) is 2.47. The highest BCUT2D eigenvalue weighted by Crippen LogP contribution is 2.33. The lowest BCUT2D eigenvalue weighted by molar-refractivity contribution is 0.452. The zero-order valence-electron chi connectivity index (χ0n) is 15.1. The Hall–Kier alpha value is -1.08. The molecule has 0 saturated carbocycles. The van der Waals surface area contributed by atoms with Crippen molar-refractivity contribution in [3.8, 4) is 11.5 Å². The van der Waals surface area contributed by atoms with E-state index in [0.29, 0.717) is 0 Å². The molecule has 2 aromatic rings. The van der Waals surface area contributed by atoms with Gasteiger partial charge < -0.3 is 9.64 Å². The van der Waals surface area contributed by atoms with Crippen LogP contribution < -0.4 is 4.74 Å². The maximum Gasteiger partial charge on any atom is 0.130 e. The normalized spacial score (nSPS) is 11.1. The van der Waals surface area contributed by atoms with Gasteiger partial charge in [0.1, 0.15) is 11.5 Å². The van der Waals surface area contributed by atoms with Gasteiger partial charge in [0.2, 0.25) is 0 Å². The standard InChI is InChI=1S/C20H24BrIN2O/c1-5-7-24(6-2)13-23-19-8-15(4)20(9-14(19)3)25-18-11-16(21)10-17(22)12-18/h8-13H,5-7H2,1-4H3. The van der Waals surface area contributed by atoms with E-state index in [-0.39, 0.29) is 0 Å². The highest BCUT2D eigenvalue weighted by atomic mass is 127. The van der Waals surface area contributed by atoms with Crippen LogP contribution in [0.15, 0.2) is 39.8 Å². The van der Waals surface area contributed by atoms with Crippen molar-refractivity contribution in [1.82, 2.24) is 4.90 Å². The maximum absolute atomic E-state index is 6.09. The van der Waals surface area contributed by atoms with Crippen molar-refractivity contribution in [2.45, 2.75) is 34.1 Å². The van der Waals surface area contributed by atoms with Gasteiger partial charge in [-0.2, -0.15) is 0 Å². The summed E-state index contributed by atoms with van der Waals surface area (Å²) in [5.74, 6) is 1.70. The van der Waals surface area contributed by atoms with Crippen LogP contribution in [0, 0.1) is 17.4 Å². The van der Waals surface area contributed by atoms with E-state index in [4.69, 9.17) is 4.74 Å².